The number of nitrogens with one attached hydrogen (secondary N) is 2. The average molecular weight is 518 g/mol. The minimum atomic E-state index is -4.52. The third-order valence-electron chi connectivity index (χ3n) is 6.48. The summed E-state index contributed by atoms with van der Waals surface area (Å²) in [6.07, 6.45) is 1.07. The van der Waals surface area contributed by atoms with Gasteiger partial charge in [-0.2, -0.15) is 5.10 Å². The zero-order chi connectivity index (χ0) is 26.3. The maximum Gasteiger partial charge on any atom is 0.342 e. The monoisotopic (exact) mass is 517 g/mol. The Morgan fingerprint density at radius 2 is 1.51 bits per heavy atom. The van der Waals surface area contributed by atoms with E-state index in [2.05, 4.69) is 15.8 Å². The molecule has 0 aliphatic heterocycles. The molecule has 37 heavy (non-hydrogen) atoms. The number of hydrogen-bond acceptors (Lipinski definition) is 5. The lowest BCUT2D eigenvalue weighted by Crippen LogP contribution is -2.52. The van der Waals surface area contributed by atoms with Gasteiger partial charge in [-0.1, -0.05) is 97.1 Å². The SMILES string of the molecule is N/N=C(\NN)[C@H](Cc1ccc(-c2ccccc2)cc1)NC(CCc1cccc2ccccc12)P(=O)(O)O. The third kappa shape index (κ3) is 6.83. The Hall–Kier alpha value is -3.52. The largest absolute Gasteiger partial charge is 0.342 e. The van der Waals surface area contributed by atoms with E-state index in [-0.39, 0.29) is 12.3 Å². The minimum Gasteiger partial charge on any atom is -0.323 e. The first-order chi connectivity index (χ1) is 17.9. The first-order valence-electron chi connectivity index (χ1n) is 12.1. The molecule has 0 amide bonds. The van der Waals surface area contributed by atoms with Gasteiger partial charge in [0.1, 0.15) is 5.78 Å². The van der Waals surface area contributed by atoms with Crippen LogP contribution in [0.4, 0.5) is 0 Å². The summed E-state index contributed by atoms with van der Waals surface area (Å²) in [6, 6.07) is 31.3. The highest BCUT2D eigenvalue weighted by atomic mass is 31.2. The van der Waals surface area contributed by atoms with Crippen molar-refractivity contribution in [2.24, 2.45) is 16.8 Å². The zero-order valence-corrected chi connectivity index (χ0v) is 21.3. The summed E-state index contributed by atoms with van der Waals surface area (Å²) in [6.45, 7) is 0. The predicted octanol–water partition coefficient (Wildman–Crippen LogP) is 3.88. The van der Waals surface area contributed by atoms with Crippen LogP contribution in [-0.2, 0) is 17.4 Å². The van der Waals surface area contributed by atoms with Gasteiger partial charge in [0.05, 0.1) is 6.04 Å². The molecule has 9 heteroatoms. The van der Waals surface area contributed by atoms with Crippen molar-refractivity contribution in [2.45, 2.75) is 31.1 Å². The van der Waals surface area contributed by atoms with Gasteiger partial charge in [-0.25, -0.2) is 5.84 Å². The van der Waals surface area contributed by atoms with E-state index in [1.165, 1.54) is 0 Å². The second kappa shape index (κ2) is 12.1. The highest BCUT2D eigenvalue weighted by Gasteiger charge is 2.32. The number of benzene rings is 4. The van der Waals surface area contributed by atoms with Crippen LogP contribution in [-0.4, -0.2) is 27.4 Å². The minimum absolute atomic E-state index is 0.204. The predicted molar refractivity (Wildman–Crippen MR) is 150 cm³/mol. The number of nitrogens with two attached hydrogens (primary N) is 2. The highest BCUT2D eigenvalue weighted by Crippen LogP contribution is 2.42. The van der Waals surface area contributed by atoms with Crippen LogP contribution in [0.5, 0.6) is 0 Å². The number of nitrogens with zero attached hydrogens (tertiary/aromatic N) is 1. The van der Waals surface area contributed by atoms with E-state index in [0.717, 1.165) is 33.0 Å². The molecule has 8 N–H and O–H groups in total. The maximum atomic E-state index is 12.5. The van der Waals surface area contributed by atoms with E-state index in [4.69, 9.17) is 11.7 Å². The van der Waals surface area contributed by atoms with Crippen LogP contribution in [0.1, 0.15) is 17.5 Å². The van der Waals surface area contributed by atoms with Crippen molar-refractivity contribution >= 4 is 24.2 Å². The van der Waals surface area contributed by atoms with E-state index in [0.29, 0.717) is 12.8 Å². The Bertz CT molecular complexity index is 1380. The first-order valence-corrected chi connectivity index (χ1v) is 13.7. The van der Waals surface area contributed by atoms with Gasteiger partial charge in [-0.15, -0.1) is 0 Å². The quantitative estimate of drug-likeness (QED) is 0.0615. The van der Waals surface area contributed by atoms with Gasteiger partial charge in [0.2, 0.25) is 0 Å². The molecule has 192 valence electrons. The number of hydrazine groups is 1. The van der Waals surface area contributed by atoms with Gasteiger partial charge in [-0.3, -0.25) is 9.88 Å². The molecule has 4 aromatic rings. The fourth-order valence-corrected chi connectivity index (χ4v) is 5.39. The lowest BCUT2D eigenvalue weighted by Gasteiger charge is -2.27. The van der Waals surface area contributed by atoms with Crippen LogP contribution in [0.25, 0.3) is 21.9 Å². The Morgan fingerprint density at radius 3 is 2.19 bits per heavy atom. The van der Waals surface area contributed by atoms with Gasteiger partial charge in [0, 0.05) is 0 Å². The number of hydrogen-bond donors (Lipinski definition) is 6. The molecule has 4 rings (SSSR count). The number of amidine groups is 1. The van der Waals surface area contributed by atoms with Crippen molar-refractivity contribution in [3.63, 3.8) is 0 Å². The second-order valence-corrected chi connectivity index (χ2v) is 10.7. The summed E-state index contributed by atoms with van der Waals surface area (Å²) in [4.78, 5) is 20.4. The molecule has 0 aliphatic carbocycles. The van der Waals surface area contributed by atoms with Gasteiger partial charge < -0.3 is 21.1 Å². The van der Waals surface area contributed by atoms with Gasteiger partial charge in [0.15, 0.2) is 5.84 Å². The molecule has 1 unspecified atom stereocenters. The van der Waals surface area contributed by atoms with E-state index < -0.39 is 19.4 Å². The molecule has 2 atom stereocenters. The average Bonchev–Trinajstić information content (AvgIpc) is 2.91. The summed E-state index contributed by atoms with van der Waals surface area (Å²) >= 11 is 0. The molecule has 0 saturated heterocycles. The molecule has 0 radical (unpaired) electrons. The maximum absolute atomic E-state index is 12.5. The summed E-state index contributed by atoms with van der Waals surface area (Å²) in [5, 5.41) is 8.97. The van der Waals surface area contributed by atoms with E-state index in [9.17, 15) is 14.4 Å². The number of aryl methyl sites for hydroxylation is 1. The van der Waals surface area contributed by atoms with E-state index in [1.54, 1.807) is 0 Å². The first kappa shape index (κ1) is 26.5. The van der Waals surface area contributed by atoms with Crippen LogP contribution in [0.3, 0.4) is 0 Å². The van der Waals surface area contributed by atoms with Crippen molar-refractivity contribution in [3.8, 4) is 11.1 Å². The van der Waals surface area contributed by atoms with Crippen LogP contribution in [0.15, 0.2) is 102 Å². The highest BCUT2D eigenvalue weighted by molar-refractivity contribution is 7.52. The number of rotatable bonds is 10. The number of hydrazone groups is 1. The van der Waals surface area contributed by atoms with Crippen molar-refractivity contribution in [2.75, 3.05) is 0 Å². The van der Waals surface area contributed by atoms with Crippen LogP contribution in [0.2, 0.25) is 0 Å². The van der Waals surface area contributed by atoms with Crippen LogP contribution in [0, 0.1) is 0 Å². The van der Waals surface area contributed by atoms with E-state index >= 15 is 0 Å². The molecular weight excluding hydrogens is 485 g/mol. The van der Waals surface area contributed by atoms with Gasteiger partial charge in [0.25, 0.3) is 0 Å². The Morgan fingerprint density at radius 1 is 0.865 bits per heavy atom. The van der Waals surface area contributed by atoms with Crippen molar-refractivity contribution < 1.29 is 14.4 Å². The Kier molecular flexibility index (Phi) is 8.71. The summed E-state index contributed by atoms with van der Waals surface area (Å²) in [5.74, 6) is 10.3. The molecule has 0 saturated carbocycles. The summed E-state index contributed by atoms with van der Waals surface area (Å²) in [7, 11) is -4.52. The molecule has 0 aliphatic rings. The molecule has 8 nitrogen and oxygen atoms in total. The van der Waals surface area contributed by atoms with Crippen molar-refractivity contribution in [1.29, 1.82) is 0 Å². The fraction of sp³-hybridized carbons (Fsp3) is 0.179. The Labute approximate surface area is 216 Å². The lowest BCUT2D eigenvalue weighted by molar-refractivity contribution is 0.337. The normalized spacial score (nSPS) is 13.9. The standard InChI is InChI=1S/C28H32N5O3P/c29-32-28(33-30)26(19-20-13-15-22(16-14-20)21-7-2-1-3-8-21)31-27(37(34,35)36)18-17-24-11-6-10-23-9-4-5-12-25(23)24/h1-16,26-27,31H,17-19,29-30H2,(H,32,33)(H2,34,35,36)/t26-,27?/m0/s1. The van der Waals surface area contributed by atoms with Gasteiger partial charge >= 0.3 is 7.60 Å². The summed E-state index contributed by atoms with van der Waals surface area (Å²) in [5.41, 5.74) is 6.61. The van der Waals surface area contributed by atoms with Crippen molar-refractivity contribution in [1.82, 2.24) is 10.7 Å². The smallest absolute Gasteiger partial charge is 0.323 e. The third-order valence-corrected chi connectivity index (χ3v) is 7.70. The second-order valence-electron chi connectivity index (χ2n) is 8.93. The Balaban J connectivity index is 1.53. The molecule has 0 bridgehead atoms. The summed E-state index contributed by atoms with van der Waals surface area (Å²) < 4.78 is 12.5. The van der Waals surface area contributed by atoms with Gasteiger partial charge in [-0.05, 0) is 52.3 Å². The lowest BCUT2D eigenvalue weighted by atomic mass is 9.99. The topological polar surface area (TPSA) is 146 Å². The molecule has 4 aromatic carbocycles. The molecule has 0 spiro atoms. The van der Waals surface area contributed by atoms with Crippen LogP contribution < -0.4 is 22.4 Å². The molecular formula is C28H32N5O3P. The number of fused-ring (bicyclic) bond motifs is 1. The molecule has 0 fully saturated rings. The van der Waals surface area contributed by atoms with E-state index in [1.807, 2.05) is 97.1 Å². The zero-order valence-electron chi connectivity index (χ0n) is 20.4. The van der Waals surface area contributed by atoms with Crippen LogP contribution >= 0.6 is 7.60 Å². The van der Waals surface area contributed by atoms with Crippen molar-refractivity contribution in [3.05, 3.63) is 108 Å². The molecule has 0 heterocycles. The molecule has 0 aromatic heterocycles. The fourth-order valence-electron chi connectivity index (χ4n) is 4.55.